The van der Waals surface area contributed by atoms with Gasteiger partial charge in [-0.1, -0.05) is 6.07 Å². The van der Waals surface area contributed by atoms with Crippen LogP contribution in [0.1, 0.15) is 5.56 Å². The highest BCUT2D eigenvalue weighted by Gasteiger charge is 2.03. The molecule has 70 valence electrons. The molecule has 2 heterocycles. The van der Waals surface area contributed by atoms with Gasteiger partial charge in [0.05, 0.1) is 12.4 Å². The van der Waals surface area contributed by atoms with Gasteiger partial charge in [-0.3, -0.25) is 4.98 Å². The average molecular weight is 186 g/mol. The number of pyridine rings is 1. The van der Waals surface area contributed by atoms with Crippen LogP contribution in [0, 0.1) is 0 Å². The average Bonchev–Trinajstić information content (AvgIpc) is 2.30. The first-order valence-electron chi connectivity index (χ1n) is 4.32. The molecule has 0 saturated heterocycles. The summed E-state index contributed by atoms with van der Waals surface area (Å²) in [5.74, 6) is 0. The van der Waals surface area contributed by atoms with Crippen LogP contribution in [0.4, 0.5) is 0 Å². The van der Waals surface area contributed by atoms with E-state index in [4.69, 9.17) is 5.73 Å². The van der Waals surface area contributed by atoms with E-state index in [1.807, 2.05) is 12.1 Å². The highest BCUT2D eigenvalue weighted by Crippen LogP contribution is 2.19. The smallest absolute Gasteiger partial charge is 0.0578 e. The highest BCUT2D eigenvalue weighted by molar-refractivity contribution is 5.64. The number of rotatable bonds is 2. The molecule has 0 aliphatic rings. The van der Waals surface area contributed by atoms with Crippen molar-refractivity contribution in [2.75, 3.05) is 0 Å². The Kier molecular flexibility index (Phi) is 2.46. The van der Waals surface area contributed by atoms with Crippen molar-refractivity contribution in [1.29, 1.82) is 0 Å². The molecule has 0 spiro atoms. The van der Waals surface area contributed by atoms with E-state index in [1.54, 1.807) is 24.8 Å². The second-order valence-electron chi connectivity index (χ2n) is 2.87. The topological polar surface area (TPSA) is 64.7 Å². The van der Waals surface area contributed by atoms with Crippen LogP contribution in [0.3, 0.4) is 0 Å². The minimum absolute atomic E-state index is 0.458. The molecule has 0 aliphatic carbocycles. The van der Waals surface area contributed by atoms with Crippen molar-refractivity contribution in [2.45, 2.75) is 6.54 Å². The molecule has 0 aromatic carbocycles. The molecule has 2 aromatic heterocycles. The van der Waals surface area contributed by atoms with Gasteiger partial charge in [0.1, 0.15) is 0 Å². The monoisotopic (exact) mass is 186 g/mol. The Balaban J connectivity index is 2.51. The highest BCUT2D eigenvalue weighted by atomic mass is 15.1. The minimum Gasteiger partial charge on any atom is -0.326 e. The summed E-state index contributed by atoms with van der Waals surface area (Å²) >= 11 is 0. The summed E-state index contributed by atoms with van der Waals surface area (Å²) in [6.45, 7) is 0.458. The standard InChI is InChI=1S/C10H10N4/c11-4-9-6-13-14-7-10(9)8-2-1-3-12-5-8/h1-3,5-7H,4,11H2. The number of hydrogen-bond donors (Lipinski definition) is 1. The summed E-state index contributed by atoms with van der Waals surface area (Å²) in [5, 5.41) is 7.63. The van der Waals surface area contributed by atoms with Crippen LogP contribution in [0.5, 0.6) is 0 Å². The predicted octanol–water partition coefficient (Wildman–Crippen LogP) is 0.997. The Hall–Kier alpha value is -1.81. The first kappa shape index (κ1) is 8.77. The third-order valence-corrected chi connectivity index (χ3v) is 2.01. The van der Waals surface area contributed by atoms with Gasteiger partial charge < -0.3 is 5.73 Å². The van der Waals surface area contributed by atoms with E-state index in [0.29, 0.717) is 6.54 Å². The summed E-state index contributed by atoms with van der Waals surface area (Å²) in [7, 11) is 0. The molecule has 2 rings (SSSR count). The summed E-state index contributed by atoms with van der Waals surface area (Å²) in [6.07, 6.45) is 6.91. The lowest BCUT2D eigenvalue weighted by molar-refractivity contribution is 0.969. The van der Waals surface area contributed by atoms with Crippen LogP contribution in [0.15, 0.2) is 36.9 Å². The normalized spacial score (nSPS) is 10.1. The van der Waals surface area contributed by atoms with E-state index in [1.165, 1.54) is 0 Å². The largest absolute Gasteiger partial charge is 0.326 e. The number of aromatic nitrogens is 3. The molecule has 2 aromatic rings. The van der Waals surface area contributed by atoms with Crippen molar-refractivity contribution >= 4 is 0 Å². The SMILES string of the molecule is NCc1cnncc1-c1cccnc1. The molecule has 0 unspecified atom stereocenters. The van der Waals surface area contributed by atoms with Gasteiger partial charge in [-0.05, 0) is 11.6 Å². The zero-order chi connectivity index (χ0) is 9.80. The lowest BCUT2D eigenvalue weighted by Gasteiger charge is -2.04. The van der Waals surface area contributed by atoms with Gasteiger partial charge >= 0.3 is 0 Å². The summed E-state index contributed by atoms with van der Waals surface area (Å²) in [5.41, 5.74) is 8.59. The maximum absolute atomic E-state index is 5.60. The lowest BCUT2D eigenvalue weighted by Crippen LogP contribution is -2.00. The van der Waals surface area contributed by atoms with Crippen LogP contribution in [0.2, 0.25) is 0 Å². The van der Waals surface area contributed by atoms with Crippen molar-refractivity contribution in [3.63, 3.8) is 0 Å². The van der Waals surface area contributed by atoms with Crippen LogP contribution < -0.4 is 5.73 Å². The van der Waals surface area contributed by atoms with Gasteiger partial charge in [-0.25, -0.2) is 0 Å². The van der Waals surface area contributed by atoms with E-state index < -0.39 is 0 Å². The van der Waals surface area contributed by atoms with Gasteiger partial charge in [-0.15, -0.1) is 0 Å². The van der Waals surface area contributed by atoms with E-state index in [-0.39, 0.29) is 0 Å². The first-order chi connectivity index (χ1) is 6.92. The Labute approximate surface area is 81.8 Å². The van der Waals surface area contributed by atoms with E-state index in [9.17, 15) is 0 Å². The molecule has 0 saturated carbocycles. The second kappa shape index (κ2) is 3.93. The van der Waals surface area contributed by atoms with E-state index >= 15 is 0 Å². The molecule has 4 heteroatoms. The molecule has 0 amide bonds. The van der Waals surface area contributed by atoms with Crippen molar-refractivity contribution in [3.8, 4) is 11.1 Å². The fraction of sp³-hybridized carbons (Fsp3) is 0.100. The van der Waals surface area contributed by atoms with Crippen molar-refractivity contribution in [3.05, 3.63) is 42.5 Å². The van der Waals surface area contributed by atoms with Gasteiger partial charge in [0.15, 0.2) is 0 Å². The Bertz CT molecular complexity index is 413. The third kappa shape index (κ3) is 1.60. The Morgan fingerprint density at radius 3 is 2.71 bits per heavy atom. The predicted molar refractivity (Wildman–Crippen MR) is 53.2 cm³/mol. The zero-order valence-electron chi connectivity index (χ0n) is 7.59. The van der Waals surface area contributed by atoms with Crippen molar-refractivity contribution < 1.29 is 0 Å². The van der Waals surface area contributed by atoms with Crippen molar-refractivity contribution in [2.24, 2.45) is 5.73 Å². The molecule has 2 N–H and O–H groups in total. The molecule has 0 aliphatic heterocycles. The molecule has 0 bridgehead atoms. The summed E-state index contributed by atoms with van der Waals surface area (Å²) in [4.78, 5) is 4.05. The Morgan fingerprint density at radius 2 is 2.00 bits per heavy atom. The van der Waals surface area contributed by atoms with Crippen molar-refractivity contribution in [1.82, 2.24) is 15.2 Å². The molecule has 0 radical (unpaired) electrons. The zero-order valence-corrected chi connectivity index (χ0v) is 7.59. The van der Waals surface area contributed by atoms with Gasteiger partial charge in [0.2, 0.25) is 0 Å². The number of nitrogens with two attached hydrogens (primary N) is 1. The van der Waals surface area contributed by atoms with Crippen LogP contribution in [-0.4, -0.2) is 15.2 Å². The number of hydrogen-bond acceptors (Lipinski definition) is 4. The van der Waals surface area contributed by atoms with E-state index in [0.717, 1.165) is 16.7 Å². The Morgan fingerprint density at radius 1 is 1.14 bits per heavy atom. The fourth-order valence-corrected chi connectivity index (χ4v) is 1.29. The quantitative estimate of drug-likeness (QED) is 0.759. The second-order valence-corrected chi connectivity index (χ2v) is 2.87. The van der Waals surface area contributed by atoms with Crippen LogP contribution >= 0.6 is 0 Å². The maximum Gasteiger partial charge on any atom is 0.0578 e. The summed E-state index contributed by atoms with van der Waals surface area (Å²) in [6, 6.07) is 3.86. The molecule has 0 atom stereocenters. The summed E-state index contributed by atoms with van der Waals surface area (Å²) < 4.78 is 0. The third-order valence-electron chi connectivity index (χ3n) is 2.01. The molecule has 4 nitrogen and oxygen atoms in total. The van der Waals surface area contributed by atoms with Crippen LogP contribution in [-0.2, 0) is 6.54 Å². The van der Waals surface area contributed by atoms with Gasteiger partial charge in [0, 0.05) is 30.1 Å². The molecular formula is C10H10N4. The first-order valence-corrected chi connectivity index (χ1v) is 4.32. The van der Waals surface area contributed by atoms with Gasteiger partial charge in [-0.2, -0.15) is 10.2 Å². The van der Waals surface area contributed by atoms with E-state index in [2.05, 4.69) is 15.2 Å². The van der Waals surface area contributed by atoms with Crippen LogP contribution in [0.25, 0.3) is 11.1 Å². The maximum atomic E-state index is 5.60. The molecule has 14 heavy (non-hydrogen) atoms. The lowest BCUT2D eigenvalue weighted by atomic mass is 10.1. The van der Waals surface area contributed by atoms with Gasteiger partial charge in [0.25, 0.3) is 0 Å². The minimum atomic E-state index is 0.458. The molecule has 0 fully saturated rings. The molecular weight excluding hydrogens is 176 g/mol. The number of nitrogens with zero attached hydrogens (tertiary/aromatic N) is 3. The fourth-order valence-electron chi connectivity index (χ4n) is 1.29.